The summed E-state index contributed by atoms with van der Waals surface area (Å²) in [6, 6.07) is 30.9. The van der Waals surface area contributed by atoms with E-state index in [1.54, 1.807) is 0 Å². The fraction of sp³-hybridized carbons (Fsp3) is 0.0357. The number of benzene rings is 5. The summed E-state index contributed by atoms with van der Waals surface area (Å²) in [6.07, 6.45) is 3.30. The molecule has 29 heavy (non-hydrogen) atoms. The van der Waals surface area contributed by atoms with Gasteiger partial charge in [-0.2, -0.15) is 0 Å². The molecule has 1 aliphatic heterocycles. The van der Waals surface area contributed by atoms with Crippen LogP contribution in [0.3, 0.4) is 0 Å². The third-order valence-corrected chi connectivity index (χ3v) is 6.41. The van der Waals surface area contributed by atoms with E-state index in [9.17, 15) is 0 Å². The molecule has 0 aromatic heterocycles. The van der Waals surface area contributed by atoms with Crippen LogP contribution in [0.5, 0.6) is 0 Å². The Morgan fingerprint density at radius 3 is 2.34 bits per heavy atom. The van der Waals surface area contributed by atoms with Gasteiger partial charge in [0, 0.05) is 21.7 Å². The lowest BCUT2D eigenvalue weighted by Crippen LogP contribution is -2.31. The Morgan fingerprint density at radius 1 is 0.621 bits per heavy atom. The maximum absolute atomic E-state index is 5.21. The molecule has 0 bridgehead atoms. The molecule has 0 saturated heterocycles. The lowest BCUT2D eigenvalue weighted by molar-refractivity contribution is 1.12. The molecule has 0 radical (unpaired) electrons. The van der Waals surface area contributed by atoms with Gasteiger partial charge in [-0.1, -0.05) is 72.8 Å². The molecule has 1 heteroatoms. The highest BCUT2D eigenvalue weighted by Crippen LogP contribution is 2.40. The number of rotatable bonds is 0. The van der Waals surface area contributed by atoms with E-state index in [1.807, 2.05) is 0 Å². The van der Waals surface area contributed by atoms with Crippen molar-refractivity contribution in [1.29, 1.82) is 0 Å². The molecule has 2 aliphatic rings. The number of fused-ring (bicyclic) bond motifs is 9. The van der Waals surface area contributed by atoms with Crippen molar-refractivity contribution in [1.82, 2.24) is 0 Å². The quantitative estimate of drug-likeness (QED) is 0.307. The minimum Gasteiger partial charge on any atom is -0.246 e. The van der Waals surface area contributed by atoms with Crippen LogP contribution >= 0.6 is 0 Å². The van der Waals surface area contributed by atoms with Gasteiger partial charge in [-0.3, -0.25) is 0 Å². The number of hydrogen-bond donors (Lipinski definition) is 0. The lowest BCUT2D eigenvalue weighted by atomic mass is 9.90. The molecule has 0 atom stereocenters. The van der Waals surface area contributed by atoms with Crippen LogP contribution in [0.4, 0.5) is 5.69 Å². The second-order valence-electron chi connectivity index (χ2n) is 8.05. The van der Waals surface area contributed by atoms with Gasteiger partial charge in [-0.15, -0.1) is 0 Å². The second kappa shape index (κ2) is 5.42. The number of nitrogens with zero attached hydrogens (tertiary/aromatic N) is 1. The van der Waals surface area contributed by atoms with Crippen LogP contribution in [0.2, 0.25) is 0 Å². The third-order valence-electron chi connectivity index (χ3n) is 6.41. The third kappa shape index (κ3) is 2.07. The minimum atomic E-state index is 0.979. The first-order valence-corrected chi connectivity index (χ1v) is 10.1. The molecule has 0 fully saturated rings. The molecular weight excluding hydrogens is 350 g/mol. The fourth-order valence-corrected chi connectivity index (χ4v) is 4.95. The van der Waals surface area contributed by atoms with E-state index in [0.717, 1.165) is 17.5 Å². The maximum atomic E-state index is 5.21. The normalized spacial score (nSPS) is 13.2. The summed E-state index contributed by atoms with van der Waals surface area (Å²) in [6.45, 7) is 0. The molecule has 1 heterocycles. The summed E-state index contributed by atoms with van der Waals surface area (Å²) in [5, 5.41) is 7.45. The molecule has 7 rings (SSSR count). The Morgan fingerprint density at radius 2 is 1.41 bits per heavy atom. The zero-order valence-corrected chi connectivity index (χ0v) is 15.8. The van der Waals surface area contributed by atoms with E-state index in [4.69, 9.17) is 4.99 Å². The molecule has 1 nitrogen and oxygen atoms in total. The summed E-state index contributed by atoms with van der Waals surface area (Å²) in [4.78, 5) is 5.21. The molecule has 0 unspecified atom stereocenters. The Labute approximate surface area is 168 Å². The summed E-state index contributed by atoms with van der Waals surface area (Å²) in [5.41, 5.74) is 7.70. The van der Waals surface area contributed by atoms with Gasteiger partial charge in [0.15, 0.2) is 0 Å². The predicted octanol–water partition coefficient (Wildman–Crippen LogP) is 5.66. The van der Waals surface area contributed by atoms with E-state index < -0.39 is 0 Å². The Balaban J connectivity index is 1.57. The topological polar surface area (TPSA) is 12.4 Å². The van der Waals surface area contributed by atoms with Crippen molar-refractivity contribution >= 4 is 33.3 Å². The summed E-state index contributed by atoms with van der Waals surface area (Å²) < 4.78 is 0. The van der Waals surface area contributed by atoms with Gasteiger partial charge < -0.3 is 0 Å². The van der Waals surface area contributed by atoms with Gasteiger partial charge in [-0.25, -0.2) is 4.99 Å². The van der Waals surface area contributed by atoms with Crippen LogP contribution in [-0.4, -0.2) is 0 Å². The number of hydrogen-bond acceptors (Lipinski definition) is 1. The zero-order chi connectivity index (χ0) is 18.9. The van der Waals surface area contributed by atoms with Crippen molar-refractivity contribution in [3.8, 4) is 11.1 Å². The lowest BCUT2D eigenvalue weighted by Gasteiger charge is -2.13. The van der Waals surface area contributed by atoms with Gasteiger partial charge in [-0.05, 0) is 57.5 Å². The van der Waals surface area contributed by atoms with Crippen LogP contribution in [0.1, 0.15) is 16.7 Å². The SMILES string of the molecule is C1=c2c(ccc3c2=Nc2c-3ccc3cc4ccccc4cc23)Cc2ccccc21. The largest absolute Gasteiger partial charge is 0.246 e. The molecule has 0 spiro atoms. The molecule has 0 amide bonds. The van der Waals surface area contributed by atoms with Crippen LogP contribution in [0, 0.1) is 0 Å². The average molecular weight is 367 g/mol. The predicted molar refractivity (Wildman–Crippen MR) is 120 cm³/mol. The average Bonchev–Trinajstić information content (AvgIpc) is 3.16. The van der Waals surface area contributed by atoms with E-state index in [-0.39, 0.29) is 0 Å². The first-order valence-electron chi connectivity index (χ1n) is 10.1. The Kier molecular flexibility index (Phi) is 2.85. The first-order chi connectivity index (χ1) is 14.3. The fourth-order valence-electron chi connectivity index (χ4n) is 4.95. The van der Waals surface area contributed by atoms with E-state index in [0.29, 0.717) is 0 Å². The van der Waals surface area contributed by atoms with Gasteiger partial charge >= 0.3 is 0 Å². The smallest absolute Gasteiger partial charge is 0.0795 e. The van der Waals surface area contributed by atoms with Crippen LogP contribution in [0.15, 0.2) is 89.9 Å². The van der Waals surface area contributed by atoms with E-state index in [2.05, 4.69) is 91.0 Å². The van der Waals surface area contributed by atoms with Crippen molar-refractivity contribution in [2.75, 3.05) is 0 Å². The van der Waals surface area contributed by atoms with Crippen molar-refractivity contribution in [3.05, 3.63) is 112 Å². The summed E-state index contributed by atoms with van der Waals surface area (Å²) in [7, 11) is 0. The van der Waals surface area contributed by atoms with Gasteiger partial charge in [0.25, 0.3) is 0 Å². The molecule has 5 aromatic rings. The van der Waals surface area contributed by atoms with Crippen LogP contribution in [0.25, 0.3) is 38.7 Å². The second-order valence-corrected chi connectivity index (χ2v) is 8.05. The van der Waals surface area contributed by atoms with Crippen LogP contribution < -0.4 is 10.6 Å². The molecule has 0 N–H and O–H groups in total. The summed E-state index contributed by atoms with van der Waals surface area (Å²) >= 11 is 0. The molecule has 134 valence electrons. The van der Waals surface area contributed by atoms with Gasteiger partial charge in [0.2, 0.25) is 0 Å². The molecule has 0 saturated carbocycles. The Hall–Kier alpha value is -3.71. The van der Waals surface area contributed by atoms with E-state index >= 15 is 0 Å². The van der Waals surface area contributed by atoms with Gasteiger partial charge in [0.1, 0.15) is 0 Å². The summed E-state index contributed by atoms with van der Waals surface area (Å²) in [5.74, 6) is 0. The molecular formula is C28H17N. The first kappa shape index (κ1) is 15.2. The molecule has 1 aliphatic carbocycles. The monoisotopic (exact) mass is 367 g/mol. The van der Waals surface area contributed by atoms with Crippen molar-refractivity contribution < 1.29 is 0 Å². The van der Waals surface area contributed by atoms with Crippen LogP contribution in [-0.2, 0) is 6.42 Å². The highest BCUT2D eigenvalue weighted by molar-refractivity contribution is 6.07. The van der Waals surface area contributed by atoms with Crippen molar-refractivity contribution in [2.45, 2.75) is 6.42 Å². The van der Waals surface area contributed by atoms with Crippen molar-refractivity contribution in [2.24, 2.45) is 4.99 Å². The molecule has 5 aromatic carbocycles. The standard InChI is InChI=1S/C28H17N/c1-3-7-19-15-25-21(13-17(19)5-1)9-11-23-24-12-10-22-14-18-6-2-4-8-20(18)16-26(22)28(24)29-27(23)25/h1-13,15-16H,14H2. The highest BCUT2D eigenvalue weighted by Gasteiger charge is 2.20. The maximum Gasteiger partial charge on any atom is 0.0795 e. The highest BCUT2D eigenvalue weighted by atomic mass is 14.8. The Bertz CT molecular complexity index is 1620. The van der Waals surface area contributed by atoms with E-state index in [1.165, 1.54) is 54.6 Å². The van der Waals surface area contributed by atoms with Crippen molar-refractivity contribution in [3.63, 3.8) is 0 Å². The van der Waals surface area contributed by atoms with Gasteiger partial charge in [0.05, 0.1) is 11.0 Å². The zero-order valence-electron chi connectivity index (χ0n) is 15.8. The minimum absolute atomic E-state index is 0.979.